The third-order valence-corrected chi connectivity index (χ3v) is 3.48. The van der Waals surface area contributed by atoms with Crippen LogP contribution in [0.2, 0.25) is 0 Å². The van der Waals surface area contributed by atoms with Crippen molar-refractivity contribution in [3.8, 4) is 5.75 Å². The van der Waals surface area contributed by atoms with E-state index in [9.17, 15) is 4.79 Å². The van der Waals surface area contributed by atoms with E-state index in [1.165, 1.54) is 0 Å². The molecule has 0 aliphatic carbocycles. The summed E-state index contributed by atoms with van der Waals surface area (Å²) in [7, 11) is 0. The number of rotatable bonds is 5. The van der Waals surface area contributed by atoms with Crippen molar-refractivity contribution in [2.75, 3.05) is 6.61 Å². The van der Waals surface area contributed by atoms with Gasteiger partial charge in [-0.2, -0.15) is 0 Å². The highest BCUT2D eigenvalue weighted by Gasteiger charge is 2.20. The number of benzene rings is 1. The Morgan fingerprint density at radius 3 is 2.47 bits per heavy atom. The first kappa shape index (κ1) is 15.7. The molecule has 106 valence electrons. The van der Waals surface area contributed by atoms with E-state index in [1.54, 1.807) is 0 Å². The lowest BCUT2D eigenvalue weighted by molar-refractivity contribution is -0.124. The Morgan fingerprint density at radius 2 is 1.95 bits per heavy atom. The molecule has 2 heteroatoms. The van der Waals surface area contributed by atoms with Gasteiger partial charge in [-0.25, -0.2) is 0 Å². The monoisotopic (exact) mass is 262 g/mol. The molecule has 2 nitrogen and oxygen atoms in total. The minimum atomic E-state index is 0.0163. The summed E-state index contributed by atoms with van der Waals surface area (Å²) in [6, 6.07) is 6.20. The van der Waals surface area contributed by atoms with E-state index < -0.39 is 0 Å². The summed E-state index contributed by atoms with van der Waals surface area (Å²) < 4.78 is 5.78. The predicted octanol–water partition coefficient (Wildman–Crippen LogP) is 4.29. The van der Waals surface area contributed by atoms with Crippen molar-refractivity contribution >= 4 is 5.78 Å². The van der Waals surface area contributed by atoms with Crippen LogP contribution in [-0.2, 0) is 10.2 Å². The van der Waals surface area contributed by atoms with Gasteiger partial charge in [0, 0.05) is 5.92 Å². The topological polar surface area (TPSA) is 26.3 Å². The van der Waals surface area contributed by atoms with Gasteiger partial charge in [-0.1, -0.05) is 46.8 Å². The molecule has 0 aliphatic rings. The van der Waals surface area contributed by atoms with E-state index in [2.05, 4.69) is 32.9 Å². The van der Waals surface area contributed by atoms with Crippen molar-refractivity contribution in [2.45, 2.75) is 53.4 Å². The van der Waals surface area contributed by atoms with Crippen LogP contribution in [0.5, 0.6) is 5.75 Å². The molecule has 1 atom stereocenters. The van der Waals surface area contributed by atoms with Gasteiger partial charge < -0.3 is 4.74 Å². The van der Waals surface area contributed by atoms with Gasteiger partial charge in [-0.05, 0) is 36.0 Å². The van der Waals surface area contributed by atoms with E-state index in [1.807, 2.05) is 26.8 Å². The number of ketones is 1. The van der Waals surface area contributed by atoms with E-state index in [0.29, 0.717) is 0 Å². The normalized spacial score (nSPS) is 13.2. The van der Waals surface area contributed by atoms with E-state index in [-0.39, 0.29) is 23.7 Å². The summed E-state index contributed by atoms with van der Waals surface area (Å²) in [4.78, 5) is 11.9. The smallest absolute Gasteiger partial charge is 0.172 e. The zero-order valence-electron chi connectivity index (χ0n) is 13.0. The standard InChI is InChI=1S/C17H26O2/c1-7-13(3)15(18)11-19-16-10-12(2)8-9-14(16)17(4,5)6/h8-10,13H,7,11H2,1-6H3. The molecule has 0 spiro atoms. The van der Waals surface area contributed by atoms with Crippen LogP contribution in [-0.4, -0.2) is 12.4 Å². The van der Waals surface area contributed by atoms with E-state index in [0.717, 1.165) is 23.3 Å². The maximum absolute atomic E-state index is 11.9. The number of hydrogen-bond donors (Lipinski definition) is 0. The van der Waals surface area contributed by atoms with Crippen molar-refractivity contribution in [1.82, 2.24) is 0 Å². The number of aryl methyl sites for hydroxylation is 1. The van der Waals surface area contributed by atoms with Crippen molar-refractivity contribution in [2.24, 2.45) is 5.92 Å². The van der Waals surface area contributed by atoms with Crippen LogP contribution in [0.25, 0.3) is 0 Å². The van der Waals surface area contributed by atoms with Gasteiger partial charge in [-0.15, -0.1) is 0 Å². The molecule has 19 heavy (non-hydrogen) atoms. The summed E-state index contributed by atoms with van der Waals surface area (Å²) in [6.45, 7) is 12.6. The summed E-state index contributed by atoms with van der Waals surface area (Å²) in [5.41, 5.74) is 2.32. The molecular weight excluding hydrogens is 236 g/mol. The van der Waals surface area contributed by atoms with E-state index in [4.69, 9.17) is 4.74 Å². The van der Waals surface area contributed by atoms with Gasteiger partial charge in [0.15, 0.2) is 5.78 Å². The highest BCUT2D eigenvalue weighted by atomic mass is 16.5. The average molecular weight is 262 g/mol. The molecule has 0 radical (unpaired) electrons. The highest BCUT2D eigenvalue weighted by Crippen LogP contribution is 2.32. The summed E-state index contributed by atoms with van der Waals surface area (Å²) in [6.07, 6.45) is 0.863. The lowest BCUT2D eigenvalue weighted by Gasteiger charge is -2.23. The van der Waals surface area contributed by atoms with Crippen molar-refractivity contribution in [3.05, 3.63) is 29.3 Å². The first-order chi connectivity index (χ1) is 8.75. The van der Waals surface area contributed by atoms with Crippen LogP contribution in [0.3, 0.4) is 0 Å². The molecule has 0 saturated carbocycles. The minimum absolute atomic E-state index is 0.0163. The number of ether oxygens (including phenoxy) is 1. The Labute approximate surface area is 117 Å². The fourth-order valence-corrected chi connectivity index (χ4v) is 1.89. The van der Waals surface area contributed by atoms with Crippen LogP contribution in [0.4, 0.5) is 0 Å². The van der Waals surface area contributed by atoms with Crippen molar-refractivity contribution in [3.63, 3.8) is 0 Å². The van der Waals surface area contributed by atoms with Crippen LogP contribution in [0, 0.1) is 12.8 Å². The second-order valence-electron chi connectivity index (χ2n) is 6.31. The van der Waals surface area contributed by atoms with Crippen LogP contribution in [0.1, 0.15) is 52.2 Å². The molecule has 0 aromatic heterocycles. The SMILES string of the molecule is CCC(C)C(=O)COc1cc(C)ccc1C(C)(C)C. The fourth-order valence-electron chi connectivity index (χ4n) is 1.89. The molecule has 0 bridgehead atoms. The van der Waals surface area contributed by atoms with E-state index >= 15 is 0 Å². The average Bonchev–Trinajstić information content (AvgIpc) is 2.33. The van der Waals surface area contributed by atoms with Gasteiger partial charge in [0.2, 0.25) is 0 Å². The Kier molecular flexibility index (Phi) is 5.16. The predicted molar refractivity (Wildman–Crippen MR) is 79.8 cm³/mol. The minimum Gasteiger partial charge on any atom is -0.486 e. The molecule has 1 aromatic carbocycles. The second-order valence-corrected chi connectivity index (χ2v) is 6.31. The summed E-state index contributed by atoms with van der Waals surface area (Å²) in [5.74, 6) is 1.08. The van der Waals surface area contributed by atoms with Crippen molar-refractivity contribution < 1.29 is 9.53 Å². The Morgan fingerprint density at radius 1 is 1.32 bits per heavy atom. The molecule has 0 heterocycles. The summed E-state index contributed by atoms with van der Waals surface area (Å²) >= 11 is 0. The molecule has 0 N–H and O–H groups in total. The number of carbonyl (C=O) groups excluding carboxylic acids is 1. The van der Waals surface area contributed by atoms with Crippen LogP contribution < -0.4 is 4.74 Å². The van der Waals surface area contributed by atoms with Crippen LogP contribution in [0.15, 0.2) is 18.2 Å². The van der Waals surface area contributed by atoms with Gasteiger partial charge in [0.05, 0.1) is 0 Å². The number of hydrogen-bond acceptors (Lipinski definition) is 2. The third kappa shape index (κ3) is 4.38. The Bertz CT molecular complexity index is 441. The van der Waals surface area contributed by atoms with Gasteiger partial charge in [-0.3, -0.25) is 4.79 Å². The molecule has 0 amide bonds. The number of Topliss-reactive ketones (excluding diaryl/α,β-unsaturated/α-hetero) is 1. The zero-order valence-corrected chi connectivity index (χ0v) is 13.0. The lowest BCUT2D eigenvalue weighted by Crippen LogP contribution is -2.20. The third-order valence-electron chi connectivity index (χ3n) is 3.48. The Hall–Kier alpha value is -1.31. The molecule has 1 rings (SSSR count). The zero-order chi connectivity index (χ0) is 14.6. The van der Waals surface area contributed by atoms with Crippen molar-refractivity contribution in [1.29, 1.82) is 0 Å². The summed E-state index contributed by atoms with van der Waals surface area (Å²) in [5, 5.41) is 0. The van der Waals surface area contributed by atoms with Gasteiger partial charge in [0.1, 0.15) is 12.4 Å². The first-order valence-corrected chi connectivity index (χ1v) is 7.02. The van der Waals surface area contributed by atoms with Gasteiger partial charge >= 0.3 is 0 Å². The molecule has 1 unspecified atom stereocenters. The Balaban J connectivity index is 2.88. The maximum atomic E-state index is 11.9. The maximum Gasteiger partial charge on any atom is 0.172 e. The first-order valence-electron chi connectivity index (χ1n) is 7.02. The molecule has 1 aromatic rings. The number of carbonyl (C=O) groups is 1. The van der Waals surface area contributed by atoms with Crippen LogP contribution >= 0.6 is 0 Å². The largest absolute Gasteiger partial charge is 0.486 e. The molecule has 0 saturated heterocycles. The lowest BCUT2D eigenvalue weighted by atomic mass is 9.86. The molecule has 0 aliphatic heterocycles. The molecular formula is C17H26O2. The quantitative estimate of drug-likeness (QED) is 0.791. The second kappa shape index (κ2) is 6.23. The van der Waals surface area contributed by atoms with Gasteiger partial charge in [0.25, 0.3) is 0 Å². The molecule has 0 fully saturated rings. The fraction of sp³-hybridized carbons (Fsp3) is 0.588. The highest BCUT2D eigenvalue weighted by molar-refractivity contribution is 5.82.